The number of carbonyl (C=O) groups excluding carboxylic acids is 1. The van der Waals surface area contributed by atoms with Crippen molar-refractivity contribution < 1.29 is 9.21 Å². The molecule has 1 aromatic heterocycles. The molecule has 0 aliphatic heterocycles. The van der Waals surface area contributed by atoms with Gasteiger partial charge < -0.3 is 9.21 Å². The largest absolute Gasteiger partial charge is 0.416 e. The molecule has 1 atom stereocenters. The molecule has 2 rings (SSSR count). The summed E-state index contributed by atoms with van der Waals surface area (Å²) in [6.07, 6.45) is 2.20. The SMILES string of the molecule is CC(=O)CCCSc1nnc(CC(C)c2ccccc2)o1. The molecular weight excluding hydrogens is 284 g/mol. The van der Waals surface area contributed by atoms with Crippen LogP contribution >= 0.6 is 11.8 Å². The zero-order valence-corrected chi connectivity index (χ0v) is 13.2. The fraction of sp³-hybridized carbons (Fsp3) is 0.438. The number of benzene rings is 1. The zero-order valence-electron chi connectivity index (χ0n) is 12.4. The van der Waals surface area contributed by atoms with Crippen LogP contribution in [0.5, 0.6) is 0 Å². The molecule has 0 fully saturated rings. The maximum atomic E-state index is 10.9. The van der Waals surface area contributed by atoms with Crippen molar-refractivity contribution in [3.05, 3.63) is 41.8 Å². The van der Waals surface area contributed by atoms with Crippen LogP contribution < -0.4 is 0 Å². The first-order valence-corrected chi connectivity index (χ1v) is 8.13. The van der Waals surface area contributed by atoms with E-state index in [1.807, 2.05) is 18.2 Å². The monoisotopic (exact) mass is 304 g/mol. The molecule has 0 spiro atoms. The average molecular weight is 304 g/mol. The Morgan fingerprint density at radius 2 is 2.05 bits per heavy atom. The molecular formula is C16H20N2O2S. The summed E-state index contributed by atoms with van der Waals surface area (Å²) in [5.41, 5.74) is 1.27. The predicted molar refractivity (Wildman–Crippen MR) is 83.5 cm³/mol. The molecule has 0 aliphatic carbocycles. The third-order valence-corrected chi connectivity index (χ3v) is 4.10. The lowest BCUT2D eigenvalue weighted by Crippen LogP contribution is -1.98. The van der Waals surface area contributed by atoms with Gasteiger partial charge in [0, 0.05) is 18.6 Å². The molecule has 0 amide bonds. The fourth-order valence-electron chi connectivity index (χ4n) is 2.02. The van der Waals surface area contributed by atoms with E-state index < -0.39 is 0 Å². The van der Waals surface area contributed by atoms with Gasteiger partial charge in [0.1, 0.15) is 5.78 Å². The smallest absolute Gasteiger partial charge is 0.276 e. The minimum atomic E-state index is 0.221. The predicted octanol–water partition coefficient (Wildman–Crippen LogP) is 3.88. The molecule has 0 aliphatic rings. The molecule has 5 heteroatoms. The van der Waals surface area contributed by atoms with E-state index >= 15 is 0 Å². The van der Waals surface area contributed by atoms with E-state index in [1.54, 1.807) is 6.92 Å². The minimum Gasteiger partial charge on any atom is -0.416 e. The number of carbonyl (C=O) groups is 1. The van der Waals surface area contributed by atoms with Crippen molar-refractivity contribution in [1.82, 2.24) is 10.2 Å². The van der Waals surface area contributed by atoms with Gasteiger partial charge >= 0.3 is 0 Å². The number of hydrogen-bond donors (Lipinski definition) is 0. The number of aromatic nitrogens is 2. The Kier molecular flexibility index (Phi) is 5.99. The Balaban J connectivity index is 1.81. The molecule has 4 nitrogen and oxygen atoms in total. The highest BCUT2D eigenvalue weighted by atomic mass is 32.2. The lowest BCUT2D eigenvalue weighted by molar-refractivity contribution is -0.117. The Labute approximate surface area is 129 Å². The molecule has 0 saturated heterocycles. The van der Waals surface area contributed by atoms with E-state index in [9.17, 15) is 4.79 Å². The van der Waals surface area contributed by atoms with Gasteiger partial charge in [0.05, 0.1) is 0 Å². The van der Waals surface area contributed by atoms with E-state index in [2.05, 4.69) is 29.3 Å². The average Bonchev–Trinajstić information content (AvgIpc) is 2.92. The highest BCUT2D eigenvalue weighted by Crippen LogP contribution is 2.22. The number of hydrogen-bond acceptors (Lipinski definition) is 5. The standard InChI is InChI=1S/C16H20N2O2S/c1-12(14-8-4-3-5-9-14)11-15-17-18-16(20-15)21-10-6-7-13(2)19/h3-5,8-9,12H,6-7,10-11H2,1-2H3. The maximum Gasteiger partial charge on any atom is 0.276 e. The first-order valence-electron chi connectivity index (χ1n) is 7.14. The van der Waals surface area contributed by atoms with E-state index in [1.165, 1.54) is 17.3 Å². The molecule has 2 aromatic rings. The van der Waals surface area contributed by atoms with Gasteiger partial charge in [0.2, 0.25) is 5.89 Å². The van der Waals surface area contributed by atoms with Crippen LogP contribution in [0, 0.1) is 0 Å². The molecule has 1 unspecified atom stereocenters. The summed E-state index contributed by atoms with van der Waals surface area (Å²) in [6, 6.07) is 10.3. The summed E-state index contributed by atoms with van der Waals surface area (Å²) in [5, 5.41) is 8.72. The molecule has 0 saturated carbocycles. The Hall–Kier alpha value is -1.62. The Morgan fingerprint density at radius 3 is 2.76 bits per heavy atom. The van der Waals surface area contributed by atoms with Crippen LogP contribution in [0.25, 0.3) is 0 Å². The topological polar surface area (TPSA) is 56.0 Å². The molecule has 0 bridgehead atoms. The summed E-state index contributed by atoms with van der Waals surface area (Å²) in [7, 11) is 0. The third-order valence-electron chi connectivity index (χ3n) is 3.20. The maximum absolute atomic E-state index is 10.9. The number of Topliss-reactive ketones (excluding diaryl/α,β-unsaturated/α-hetero) is 1. The van der Waals surface area contributed by atoms with Crippen LogP contribution in [-0.2, 0) is 11.2 Å². The summed E-state index contributed by atoms with van der Waals surface area (Å²) in [5.74, 6) is 2.07. The van der Waals surface area contributed by atoms with Crippen molar-refractivity contribution in [2.45, 2.75) is 44.3 Å². The van der Waals surface area contributed by atoms with Crippen molar-refractivity contribution in [1.29, 1.82) is 0 Å². The van der Waals surface area contributed by atoms with Crippen LogP contribution in [0.2, 0.25) is 0 Å². The van der Waals surface area contributed by atoms with E-state index in [0.29, 0.717) is 23.5 Å². The highest BCUT2D eigenvalue weighted by Gasteiger charge is 2.12. The first-order chi connectivity index (χ1) is 10.1. The molecule has 1 heterocycles. The van der Waals surface area contributed by atoms with Crippen molar-refractivity contribution in [2.75, 3.05) is 5.75 Å². The minimum absolute atomic E-state index is 0.221. The molecule has 1 aromatic carbocycles. The number of nitrogens with zero attached hydrogens (tertiary/aromatic N) is 2. The second-order valence-electron chi connectivity index (χ2n) is 5.13. The molecule has 0 N–H and O–H groups in total. The van der Waals surface area contributed by atoms with Crippen molar-refractivity contribution in [3.8, 4) is 0 Å². The number of thioether (sulfide) groups is 1. The van der Waals surface area contributed by atoms with Gasteiger partial charge in [-0.25, -0.2) is 0 Å². The lowest BCUT2D eigenvalue weighted by Gasteiger charge is -2.08. The fourth-order valence-corrected chi connectivity index (χ4v) is 2.74. The molecule has 112 valence electrons. The summed E-state index contributed by atoms with van der Waals surface area (Å²) in [6.45, 7) is 3.76. The van der Waals surface area contributed by atoms with E-state index in [-0.39, 0.29) is 5.78 Å². The second-order valence-corrected chi connectivity index (χ2v) is 6.18. The van der Waals surface area contributed by atoms with Crippen LogP contribution in [0.3, 0.4) is 0 Å². The number of ketones is 1. The first kappa shape index (κ1) is 15.8. The van der Waals surface area contributed by atoms with Crippen LogP contribution in [-0.4, -0.2) is 21.7 Å². The molecule has 21 heavy (non-hydrogen) atoms. The highest BCUT2D eigenvalue weighted by molar-refractivity contribution is 7.99. The van der Waals surface area contributed by atoms with Crippen LogP contribution in [0.4, 0.5) is 0 Å². The quantitative estimate of drug-likeness (QED) is 0.547. The van der Waals surface area contributed by atoms with Gasteiger partial charge in [-0.3, -0.25) is 0 Å². The summed E-state index contributed by atoms with van der Waals surface area (Å²) < 4.78 is 5.64. The Morgan fingerprint density at radius 1 is 1.29 bits per heavy atom. The Bertz CT molecular complexity index is 569. The van der Waals surface area contributed by atoms with Crippen molar-refractivity contribution >= 4 is 17.5 Å². The van der Waals surface area contributed by atoms with Gasteiger partial charge in [-0.2, -0.15) is 0 Å². The van der Waals surface area contributed by atoms with Gasteiger partial charge in [-0.1, -0.05) is 49.0 Å². The normalized spacial score (nSPS) is 12.3. The molecule has 0 radical (unpaired) electrons. The van der Waals surface area contributed by atoms with Crippen molar-refractivity contribution in [3.63, 3.8) is 0 Å². The third kappa shape index (κ3) is 5.34. The van der Waals surface area contributed by atoms with Gasteiger partial charge in [-0.15, -0.1) is 10.2 Å². The zero-order chi connectivity index (χ0) is 15.1. The van der Waals surface area contributed by atoms with Gasteiger partial charge in [0.15, 0.2) is 0 Å². The van der Waals surface area contributed by atoms with E-state index in [4.69, 9.17) is 4.42 Å². The van der Waals surface area contributed by atoms with Crippen LogP contribution in [0.1, 0.15) is 44.1 Å². The van der Waals surface area contributed by atoms with E-state index in [0.717, 1.165) is 18.6 Å². The summed E-state index contributed by atoms with van der Waals surface area (Å²) in [4.78, 5) is 10.9. The second kappa shape index (κ2) is 7.98. The lowest BCUT2D eigenvalue weighted by atomic mass is 9.98. The van der Waals surface area contributed by atoms with Gasteiger partial charge in [0.25, 0.3) is 5.22 Å². The van der Waals surface area contributed by atoms with Crippen LogP contribution in [0.15, 0.2) is 40.0 Å². The van der Waals surface area contributed by atoms with Gasteiger partial charge in [-0.05, 0) is 24.8 Å². The summed E-state index contributed by atoms with van der Waals surface area (Å²) >= 11 is 1.51. The van der Waals surface area contributed by atoms with Crippen molar-refractivity contribution in [2.24, 2.45) is 0 Å². The number of rotatable bonds is 8.